The van der Waals surface area contributed by atoms with Crippen molar-refractivity contribution in [3.05, 3.63) is 28.2 Å². The van der Waals surface area contributed by atoms with Crippen LogP contribution >= 0.6 is 15.9 Å². The van der Waals surface area contributed by atoms with Gasteiger partial charge in [-0.1, -0.05) is 26.0 Å². The van der Waals surface area contributed by atoms with Crippen LogP contribution in [0.5, 0.6) is 0 Å². The van der Waals surface area contributed by atoms with Crippen LogP contribution in [0.2, 0.25) is 0 Å². The summed E-state index contributed by atoms with van der Waals surface area (Å²) in [5, 5.41) is 0. The van der Waals surface area contributed by atoms with Gasteiger partial charge >= 0.3 is 0 Å². The third kappa shape index (κ3) is 2.10. The van der Waals surface area contributed by atoms with Crippen molar-refractivity contribution in [1.82, 2.24) is 0 Å². The fourth-order valence-corrected chi connectivity index (χ4v) is 1.51. The Labute approximate surface area is 86.3 Å². The zero-order valence-electron chi connectivity index (χ0n) is 7.67. The summed E-state index contributed by atoms with van der Waals surface area (Å²) in [7, 11) is 0. The maximum atomic E-state index is 11.6. The van der Waals surface area contributed by atoms with E-state index in [0.717, 1.165) is 0 Å². The maximum absolute atomic E-state index is 11.6. The van der Waals surface area contributed by atoms with Crippen LogP contribution in [-0.2, 0) is 0 Å². The van der Waals surface area contributed by atoms with Crippen molar-refractivity contribution in [2.75, 3.05) is 5.73 Å². The number of rotatable bonds is 2. The first-order chi connectivity index (χ1) is 6.04. The topological polar surface area (TPSA) is 43.1 Å². The normalized spacial score (nSPS) is 10.5. The molecular formula is C10H12BrNO. The van der Waals surface area contributed by atoms with E-state index in [2.05, 4.69) is 15.9 Å². The predicted octanol–water partition coefficient (Wildman–Crippen LogP) is 2.87. The monoisotopic (exact) mass is 241 g/mol. The van der Waals surface area contributed by atoms with E-state index in [4.69, 9.17) is 5.73 Å². The Hall–Kier alpha value is -0.830. The number of carbonyl (C=O) groups is 1. The van der Waals surface area contributed by atoms with Crippen LogP contribution in [0.1, 0.15) is 24.2 Å². The first-order valence-electron chi connectivity index (χ1n) is 4.12. The Morgan fingerprint density at radius 1 is 1.46 bits per heavy atom. The molecule has 0 spiro atoms. The Morgan fingerprint density at radius 2 is 2.08 bits per heavy atom. The molecule has 0 saturated heterocycles. The van der Waals surface area contributed by atoms with E-state index < -0.39 is 0 Å². The van der Waals surface area contributed by atoms with Crippen molar-refractivity contribution in [1.29, 1.82) is 0 Å². The molecule has 0 saturated carbocycles. The van der Waals surface area contributed by atoms with Gasteiger partial charge in [-0.2, -0.15) is 0 Å². The molecule has 1 aromatic carbocycles. The van der Waals surface area contributed by atoms with E-state index in [1.165, 1.54) is 0 Å². The number of nitrogens with two attached hydrogens (primary N) is 1. The minimum absolute atomic E-state index is 0.00176. The van der Waals surface area contributed by atoms with Crippen LogP contribution in [0.25, 0.3) is 0 Å². The molecule has 0 atom stereocenters. The summed E-state index contributed by atoms with van der Waals surface area (Å²) >= 11 is 3.30. The highest BCUT2D eigenvalue weighted by atomic mass is 79.9. The number of anilines is 1. The van der Waals surface area contributed by atoms with Gasteiger partial charge in [0.2, 0.25) is 0 Å². The summed E-state index contributed by atoms with van der Waals surface area (Å²) < 4.78 is 0.703. The van der Waals surface area contributed by atoms with Gasteiger partial charge in [0.05, 0.1) is 4.47 Å². The zero-order chi connectivity index (χ0) is 10.0. The Kier molecular flexibility index (Phi) is 3.09. The molecule has 1 aromatic rings. The van der Waals surface area contributed by atoms with Gasteiger partial charge in [-0.25, -0.2) is 0 Å². The van der Waals surface area contributed by atoms with Crippen LogP contribution in [0.4, 0.5) is 5.69 Å². The summed E-state index contributed by atoms with van der Waals surface area (Å²) in [5.74, 6) is 0.109. The molecule has 0 amide bonds. The average Bonchev–Trinajstić information content (AvgIpc) is 2.08. The lowest BCUT2D eigenvalue weighted by Crippen LogP contribution is -2.08. The molecule has 0 heterocycles. The molecule has 13 heavy (non-hydrogen) atoms. The van der Waals surface area contributed by atoms with E-state index in [-0.39, 0.29) is 11.7 Å². The molecule has 0 fully saturated rings. The maximum Gasteiger partial charge on any atom is 0.166 e. The Bertz CT molecular complexity index is 334. The molecule has 1 rings (SSSR count). The quantitative estimate of drug-likeness (QED) is 0.640. The summed E-state index contributed by atoms with van der Waals surface area (Å²) in [6.45, 7) is 3.75. The molecule has 0 aliphatic carbocycles. The SMILES string of the molecule is CC(C)C(=O)c1cccc(N)c1Br. The summed E-state index contributed by atoms with van der Waals surface area (Å²) in [5.41, 5.74) is 6.92. The van der Waals surface area contributed by atoms with Gasteiger partial charge in [0, 0.05) is 17.2 Å². The second-order valence-electron chi connectivity index (χ2n) is 3.23. The van der Waals surface area contributed by atoms with Crippen LogP contribution in [0.3, 0.4) is 0 Å². The number of benzene rings is 1. The van der Waals surface area contributed by atoms with Crippen molar-refractivity contribution in [3.8, 4) is 0 Å². The van der Waals surface area contributed by atoms with E-state index in [0.29, 0.717) is 15.7 Å². The largest absolute Gasteiger partial charge is 0.398 e. The molecule has 0 radical (unpaired) electrons. The number of Topliss-reactive ketones (excluding diaryl/α,β-unsaturated/α-hetero) is 1. The van der Waals surface area contributed by atoms with Crippen molar-refractivity contribution in [2.45, 2.75) is 13.8 Å². The van der Waals surface area contributed by atoms with E-state index in [1.807, 2.05) is 13.8 Å². The van der Waals surface area contributed by atoms with Gasteiger partial charge in [0.25, 0.3) is 0 Å². The molecule has 3 heteroatoms. The molecule has 70 valence electrons. The van der Waals surface area contributed by atoms with Crippen molar-refractivity contribution in [3.63, 3.8) is 0 Å². The average molecular weight is 242 g/mol. The van der Waals surface area contributed by atoms with Gasteiger partial charge in [0.15, 0.2) is 5.78 Å². The standard InChI is InChI=1S/C10H12BrNO/c1-6(2)10(13)7-4-3-5-8(12)9(7)11/h3-6H,12H2,1-2H3. The molecule has 0 unspecified atom stereocenters. The minimum atomic E-state index is -0.00176. The summed E-state index contributed by atoms with van der Waals surface area (Å²) in [6.07, 6.45) is 0. The Balaban J connectivity index is 3.15. The molecular weight excluding hydrogens is 230 g/mol. The summed E-state index contributed by atoms with van der Waals surface area (Å²) in [6, 6.07) is 5.33. The molecule has 0 aliphatic rings. The van der Waals surface area contributed by atoms with Gasteiger partial charge in [-0.15, -0.1) is 0 Å². The fourth-order valence-electron chi connectivity index (χ4n) is 1.05. The van der Waals surface area contributed by atoms with E-state index >= 15 is 0 Å². The first-order valence-corrected chi connectivity index (χ1v) is 4.91. The lowest BCUT2D eigenvalue weighted by Gasteiger charge is -2.07. The highest BCUT2D eigenvalue weighted by molar-refractivity contribution is 9.10. The Morgan fingerprint density at radius 3 is 2.62 bits per heavy atom. The van der Waals surface area contributed by atoms with Gasteiger partial charge in [-0.3, -0.25) is 4.79 Å². The predicted molar refractivity (Wildman–Crippen MR) is 57.7 cm³/mol. The number of carbonyl (C=O) groups excluding carboxylic acids is 1. The summed E-state index contributed by atoms with van der Waals surface area (Å²) in [4.78, 5) is 11.6. The molecule has 0 aromatic heterocycles. The molecule has 2 nitrogen and oxygen atoms in total. The van der Waals surface area contributed by atoms with E-state index in [9.17, 15) is 4.79 Å². The molecule has 0 bridgehead atoms. The fraction of sp³-hybridized carbons (Fsp3) is 0.300. The number of nitrogen functional groups attached to an aromatic ring is 1. The lowest BCUT2D eigenvalue weighted by molar-refractivity contribution is 0.0938. The van der Waals surface area contributed by atoms with Crippen molar-refractivity contribution in [2.24, 2.45) is 5.92 Å². The number of hydrogen-bond donors (Lipinski definition) is 1. The third-order valence-electron chi connectivity index (χ3n) is 1.82. The number of ketones is 1. The van der Waals surface area contributed by atoms with Crippen molar-refractivity contribution >= 4 is 27.4 Å². The number of hydrogen-bond acceptors (Lipinski definition) is 2. The highest BCUT2D eigenvalue weighted by Crippen LogP contribution is 2.25. The van der Waals surface area contributed by atoms with Gasteiger partial charge in [-0.05, 0) is 22.0 Å². The van der Waals surface area contributed by atoms with Crippen LogP contribution < -0.4 is 5.73 Å². The van der Waals surface area contributed by atoms with Crippen LogP contribution in [0, 0.1) is 5.92 Å². The third-order valence-corrected chi connectivity index (χ3v) is 2.70. The van der Waals surface area contributed by atoms with Gasteiger partial charge < -0.3 is 5.73 Å². The highest BCUT2D eigenvalue weighted by Gasteiger charge is 2.14. The number of halogens is 1. The molecule has 0 aliphatic heterocycles. The van der Waals surface area contributed by atoms with Crippen molar-refractivity contribution < 1.29 is 4.79 Å². The second kappa shape index (κ2) is 3.92. The lowest BCUT2D eigenvalue weighted by atomic mass is 10.0. The second-order valence-corrected chi connectivity index (χ2v) is 4.02. The first kappa shape index (κ1) is 10.3. The van der Waals surface area contributed by atoms with E-state index in [1.54, 1.807) is 18.2 Å². The van der Waals surface area contributed by atoms with Crippen LogP contribution in [0.15, 0.2) is 22.7 Å². The van der Waals surface area contributed by atoms with Gasteiger partial charge in [0.1, 0.15) is 0 Å². The molecule has 2 N–H and O–H groups in total. The smallest absolute Gasteiger partial charge is 0.166 e. The zero-order valence-corrected chi connectivity index (χ0v) is 9.26. The minimum Gasteiger partial charge on any atom is -0.398 e. The van der Waals surface area contributed by atoms with Crippen LogP contribution in [-0.4, -0.2) is 5.78 Å².